The molecule has 0 radical (unpaired) electrons. The van der Waals surface area contributed by atoms with Gasteiger partial charge in [0.05, 0.1) is 5.69 Å². The van der Waals surface area contributed by atoms with E-state index < -0.39 is 0 Å². The molecule has 0 fully saturated rings. The molecule has 0 unspecified atom stereocenters. The van der Waals surface area contributed by atoms with Crippen molar-refractivity contribution in [3.63, 3.8) is 0 Å². The number of aryl methyl sites for hydroxylation is 2. The van der Waals surface area contributed by atoms with Crippen molar-refractivity contribution in [3.8, 4) is 16.9 Å². The monoisotopic (exact) mass is 277 g/mol. The van der Waals surface area contributed by atoms with Crippen molar-refractivity contribution in [2.45, 2.75) is 13.8 Å². The van der Waals surface area contributed by atoms with E-state index in [4.69, 9.17) is 0 Å². The first kappa shape index (κ1) is 13.2. The van der Waals surface area contributed by atoms with Crippen LogP contribution in [0.3, 0.4) is 0 Å². The summed E-state index contributed by atoms with van der Waals surface area (Å²) in [6.45, 7) is 3.81. The molecule has 0 bridgehead atoms. The number of hydrogen-bond acceptors (Lipinski definition) is 3. The van der Waals surface area contributed by atoms with E-state index in [1.807, 2.05) is 61.5 Å². The van der Waals surface area contributed by atoms with Gasteiger partial charge in [0.25, 0.3) is 5.56 Å². The van der Waals surface area contributed by atoms with Gasteiger partial charge in [0.1, 0.15) is 5.82 Å². The van der Waals surface area contributed by atoms with Crippen LogP contribution in [0.15, 0.2) is 59.4 Å². The Bertz CT molecular complexity index is 821. The van der Waals surface area contributed by atoms with Gasteiger partial charge in [-0.1, -0.05) is 48.0 Å². The van der Waals surface area contributed by atoms with Crippen molar-refractivity contribution < 1.29 is 0 Å². The van der Waals surface area contributed by atoms with Crippen LogP contribution in [0, 0.1) is 13.8 Å². The van der Waals surface area contributed by atoms with E-state index in [0.29, 0.717) is 11.5 Å². The van der Waals surface area contributed by atoms with Crippen molar-refractivity contribution in [3.05, 3.63) is 76.3 Å². The first-order valence-corrected chi connectivity index (χ1v) is 6.75. The van der Waals surface area contributed by atoms with Gasteiger partial charge in [-0.2, -0.15) is 10.1 Å². The van der Waals surface area contributed by atoms with Crippen molar-refractivity contribution in [2.75, 3.05) is 0 Å². The van der Waals surface area contributed by atoms with Gasteiger partial charge < -0.3 is 0 Å². The van der Waals surface area contributed by atoms with Crippen molar-refractivity contribution in [1.29, 1.82) is 0 Å². The van der Waals surface area contributed by atoms with E-state index in [0.717, 1.165) is 11.3 Å². The van der Waals surface area contributed by atoms with Gasteiger partial charge in [0, 0.05) is 5.56 Å². The Balaban J connectivity index is 2.19. The lowest BCUT2D eigenvalue weighted by molar-refractivity contribution is 0.756. The average molecular weight is 277 g/mol. The minimum Gasteiger partial charge on any atom is -0.265 e. The van der Waals surface area contributed by atoms with E-state index in [1.54, 1.807) is 11.6 Å². The summed E-state index contributed by atoms with van der Waals surface area (Å²) < 4.78 is 1.70. The van der Waals surface area contributed by atoms with Crippen LogP contribution in [0.25, 0.3) is 16.9 Å². The highest BCUT2D eigenvalue weighted by molar-refractivity contribution is 5.57. The maximum absolute atomic E-state index is 12.1. The third kappa shape index (κ3) is 2.60. The molecule has 0 N–H and O–H groups in total. The minimum absolute atomic E-state index is 0.304. The molecule has 0 saturated heterocycles. The first-order valence-electron chi connectivity index (χ1n) is 6.75. The zero-order valence-corrected chi connectivity index (χ0v) is 11.9. The summed E-state index contributed by atoms with van der Waals surface area (Å²) in [5.74, 6) is 0.573. The zero-order valence-electron chi connectivity index (χ0n) is 11.9. The maximum Gasteiger partial charge on any atom is 0.299 e. The number of benzene rings is 2. The average Bonchev–Trinajstić information content (AvgIpc) is 2.49. The van der Waals surface area contributed by atoms with E-state index in [2.05, 4.69) is 10.1 Å². The molecule has 0 saturated carbocycles. The lowest BCUT2D eigenvalue weighted by Crippen LogP contribution is -2.20. The van der Waals surface area contributed by atoms with Gasteiger partial charge in [-0.3, -0.25) is 4.79 Å². The fraction of sp³-hybridized carbons (Fsp3) is 0.118. The summed E-state index contributed by atoms with van der Waals surface area (Å²) in [7, 11) is 0. The lowest BCUT2D eigenvalue weighted by atomic mass is 10.2. The topological polar surface area (TPSA) is 47.8 Å². The summed E-state index contributed by atoms with van der Waals surface area (Å²) in [5.41, 5.74) is 2.90. The molecule has 1 heterocycles. The molecule has 0 aliphatic heterocycles. The van der Waals surface area contributed by atoms with Crippen LogP contribution in [0.2, 0.25) is 0 Å². The summed E-state index contributed by atoms with van der Waals surface area (Å²) in [6.07, 6.45) is 0. The molecule has 0 spiro atoms. The second kappa shape index (κ2) is 5.32. The number of nitrogens with zero attached hydrogens (tertiary/aromatic N) is 3. The van der Waals surface area contributed by atoms with E-state index >= 15 is 0 Å². The maximum atomic E-state index is 12.1. The van der Waals surface area contributed by atoms with Crippen molar-refractivity contribution in [2.24, 2.45) is 0 Å². The number of aromatic nitrogens is 3. The predicted molar refractivity (Wildman–Crippen MR) is 82.5 cm³/mol. The molecule has 0 aliphatic carbocycles. The van der Waals surface area contributed by atoms with E-state index in [1.165, 1.54) is 5.56 Å². The van der Waals surface area contributed by atoms with Crippen molar-refractivity contribution in [1.82, 2.24) is 14.8 Å². The molecule has 0 aliphatic rings. The second-order valence-electron chi connectivity index (χ2n) is 4.93. The molecule has 4 nitrogen and oxygen atoms in total. The Hall–Kier alpha value is -2.75. The van der Waals surface area contributed by atoms with Crippen LogP contribution in [0.1, 0.15) is 11.4 Å². The summed E-state index contributed by atoms with van der Waals surface area (Å²) in [5, 5.41) is 4.48. The van der Waals surface area contributed by atoms with E-state index in [-0.39, 0.29) is 5.56 Å². The standard InChI is InChI=1S/C17H15N3O/c1-12-8-10-15(11-9-12)20-13(2)18-17(21)16(19-20)14-6-4-3-5-7-14/h3-11H,1-2H3. The highest BCUT2D eigenvalue weighted by atomic mass is 16.1. The fourth-order valence-corrected chi connectivity index (χ4v) is 2.17. The lowest BCUT2D eigenvalue weighted by Gasteiger charge is -2.10. The van der Waals surface area contributed by atoms with Crippen LogP contribution >= 0.6 is 0 Å². The number of rotatable bonds is 2. The Kier molecular flexibility index (Phi) is 3.36. The normalized spacial score (nSPS) is 10.6. The highest BCUT2D eigenvalue weighted by Crippen LogP contribution is 2.14. The molecule has 21 heavy (non-hydrogen) atoms. The molecular formula is C17H15N3O. The van der Waals surface area contributed by atoms with Crippen LogP contribution in [0.4, 0.5) is 0 Å². The van der Waals surface area contributed by atoms with Gasteiger partial charge in [-0.15, -0.1) is 0 Å². The van der Waals surface area contributed by atoms with Gasteiger partial charge in [0.2, 0.25) is 0 Å². The highest BCUT2D eigenvalue weighted by Gasteiger charge is 2.10. The number of hydrogen-bond donors (Lipinski definition) is 0. The van der Waals surface area contributed by atoms with E-state index in [9.17, 15) is 4.79 Å². The summed E-state index contributed by atoms with van der Waals surface area (Å²) >= 11 is 0. The summed E-state index contributed by atoms with van der Waals surface area (Å²) in [6, 6.07) is 17.4. The molecule has 3 aromatic rings. The molecule has 3 rings (SSSR count). The molecule has 104 valence electrons. The van der Waals surface area contributed by atoms with Gasteiger partial charge >= 0.3 is 0 Å². The first-order chi connectivity index (χ1) is 10.1. The van der Waals surface area contributed by atoms with Crippen LogP contribution in [-0.2, 0) is 0 Å². The zero-order chi connectivity index (χ0) is 14.8. The second-order valence-corrected chi connectivity index (χ2v) is 4.93. The molecule has 4 heteroatoms. The van der Waals surface area contributed by atoms with Gasteiger partial charge in [-0.05, 0) is 26.0 Å². The molecule has 0 atom stereocenters. The van der Waals surface area contributed by atoms with Crippen LogP contribution in [0.5, 0.6) is 0 Å². The largest absolute Gasteiger partial charge is 0.299 e. The minimum atomic E-state index is -0.304. The summed E-state index contributed by atoms with van der Waals surface area (Å²) in [4.78, 5) is 16.2. The third-order valence-electron chi connectivity index (χ3n) is 3.30. The van der Waals surface area contributed by atoms with Gasteiger partial charge in [0.15, 0.2) is 5.69 Å². The Labute approximate surface area is 122 Å². The van der Waals surface area contributed by atoms with Crippen molar-refractivity contribution >= 4 is 0 Å². The quantitative estimate of drug-likeness (QED) is 0.723. The predicted octanol–water partition coefficient (Wildman–Crippen LogP) is 2.91. The fourth-order valence-electron chi connectivity index (χ4n) is 2.17. The molecule has 2 aromatic carbocycles. The third-order valence-corrected chi connectivity index (χ3v) is 3.30. The van der Waals surface area contributed by atoms with Crippen LogP contribution < -0.4 is 5.56 Å². The van der Waals surface area contributed by atoms with Gasteiger partial charge in [-0.25, -0.2) is 4.68 Å². The Morgan fingerprint density at radius 2 is 1.57 bits per heavy atom. The Morgan fingerprint density at radius 1 is 0.905 bits per heavy atom. The SMILES string of the molecule is Cc1ccc(-n2nc(-c3ccccc3)c(=O)nc2C)cc1. The molecular weight excluding hydrogens is 262 g/mol. The smallest absolute Gasteiger partial charge is 0.265 e. The molecule has 1 aromatic heterocycles. The van der Waals surface area contributed by atoms with Crippen LogP contribution in [-0.4, -0.2) is 14.8 Å². The Morgan fingerprint density at radius 3 is 2.24 bits per heavy atom. The molecule has 0 amide bonds.